The van der Waals surface area contributed by atoms with Crippen LogP contribution in [0, 0.1) is 0 Å². The second-order valence-electron chi connectivity index (χ2n) is 9.00. The quantitative estimate of drug-likeness (QED) is 0.510. The molecule has 172 valence electrons. The third kappa shape index (κ3) is 4.49. The standard InChI is InChI=1S/C29H34N2O2/c1-2-18-30-19-20-31(28(24-12-6-3-7-13-24)25-14-8-4-9-15-25)23-27(30)29(32-21-22-33-29)26-16-10-5-11-17-26/h3-17,27-28H,2,18-23H2,1H3. The van der Waals surface area contributed by atoms with E-state index in [-0.39, 0.29) is 12.1 Å². The van der Waals surface area contributed by atoms with Crippen molar-refractivity contribution in [3.8, 4) is 0 Å². The van der Waals surface area contributed by atoms with Gasteiger partial charge in [0.2, 0.25) is 5.79 Å². The molecule has 0 aliphatic carbocycles. The summed E-state index contributed by atoms with van der Waals surface area (Å²) in [7, 11) is 0. The van der Waals surface area contributed by atoms with Crippen LogP contribution in [0.15, 0.2) is 91.0 Å². The molecule has 0 amide bonds. The van der Waals surface area contributed by atoms with E-state index in [4.69, 9.17) is 9.47 Å². The van der Waals surface area contributed by atoms with Gasteiger partial charge in [0.1, 0.15) is 0 Å². The van der Waals surface area contributed by atoms with Gasteiger partial charge in [0.15, 0.2) is 0 Å². The van der Waals surface area contributed by atoms with Crippen LogP contribution in [0.25, 0.3) is 0 Å². The molecule has 0 saturated carbocycles. The minimum absolute atomic E-state index is 0.117. The van der Waals surface area contributed by atoms with E-state index >= 15 is 0 Å². The maximum Gasteiger partial charge on any atom is 0.212 e. The number of hydrogen-bond acceptors (Lipinski definition) is 4. The van der Waals surface area contributed by atoms with Crippen molar-refractivity contribution in [2.24, 2.45) is 0 Å². The molecule has 2 fully saturated rings. The van der Waals surface area contributed by atoms with Gasteiger partial charge in [-0.25, -0.2) is 0 Å². The Hall–Kier alpha value is -2.50. The van der Waals surface area contributed by atoms with E-state index in [0.717, 1.165) is 38.2 Å². The van der Waals surface area contributed by atoms with Crippen LogP contribution < -0.4 is 0 Å². The Bertz CT molecular complexity index is 950. The fourth-order valence-corrected chi connectivity index (χ4v) is 5.53. The molecule has 0 N–H and O–H groups in total. The summed E-state index contributed by atoms with van der Waals surface area (Å²) in [5, 5.41) is 0. The van der Waals surface area contributed by atoms with Gasteiger partial charge in [-0.2, -0.15) is 0 Å². The van der Waals surface area contributed by atoms with Crippen LogP contribution in [0.5, 0.6) is 0 Å². The molecule has 1 unspecified atom stereocenters. The molecule has 33 heavy (non-hydrogen) atoms. The molecule has 3 aromatic carbocycles. The van der Waals surface area contributed by atoms with Crippen molar-refractivity contribution in [1.82, 2.24) is 9.80 Å². The third-order valence-corrected chi connectivity index (χ3v) is 6.96. The monoisotopic (exact) mass is 442 g/mol. The minimum atomic E-state index is -0.729. The maximum absolute atomic E-state index is 6.49. The predicted octanol–water partition coefficient (Wildman–Crippen LogP) is 5.07. The Balaban J connectivity index is 1.54. The maximum atomic E-state index is 6.49. The molecular formula is C29H34N2O2. The van der Waals surface area contributed by atoms with Gasteiger partial charge in [-0.15, -0.1) is 0 Å². The van der Waals surface area contributed by atoms with E-state index in [1.165, 1.54) is 11.1 Å². The van der Waals surface area contributed by atoms with Gasteiger partial charge in [-0.3, -0.25) is 9.80 Å². The van der Waals surface area contributed by atoms with Crippen LogP contribution in [0.2, 0.25) is 0 Å². The highest BCUT2D eigenvalue weighted by molar-refractivity contribution is 5.32. The molecule has 0 aromatic heterocycles. The van der Waals surface area contributed by atoms with E-state index in [0.29, 0.717) is 13.2 Å². The topological polar surface area (TPSA) is 24.9 Å². The predicted molar refractivity (Wildman–Crippen MR) is 132 cm³/mol. The third-order valence-electron chi connectivity index (χ3n) is 6.96. The molecule has 2 heterocycles. The van der Waals surface area contributed by atoms with Gasteiger partial charge in [-0.05, 0) is 24.1 Å². The zero-order valence-corrected chi connectivity index (χ0v) is 19.5. The molecule has 0 spiro atoms. The van der Waals surface area contributed by atoms with Crippen molar-refractivity contribution < 1.29 is 9.47 Å². The van der Waals surface area contributed by atoms with Crippen LogP contribution in [-0.4, -0.2) is 55.2 Å². The van der Waals surface area contributed by atoms with E-state index in [9.17, 15) is 0 Å². The van der Waals surface area contributed by atoms with E-state index in [1.54, 1.807) is 0 Å². The summed E-state index contributed by atoms with van der Waals surface area (Å²) in [4.78, 5) is 5.21. The molecule has 5 rings (SSSR count). The molecule has 0 bridgehead atoms. The molecule has 0 radical (unpaired) electrons. The summed E-state index contributed by atoms with van der Waals surface area (Å²) in [6.45, 7) is 7.44. The first kappa shape index (κ1) is 22.3. The van der Waals surface area contributed by atoms with Crippen LogP contribution in [-0.2, 0) is 15.3 Å². The zero-order chi connectivity index (χ0) is 22.5. The average Bonchev–Trinajstić information content (AvgIpc) is 3.38. The fraction of sp³-hybridized carbons (Fsp3) is 0.379. The van der Waals surface area contributed by atoms with Crippen molar-refractivity contribution >= 4 is 0 Å². The first-order chi connectivity index (χ1) is 16.3. The fourth-order valence-electron chi connectivity index (χ4n) is 5.53. The van der Waals surface area contributed by atoms with Crippen LogP contribution in [0.1, 0.15) is 36.1 Å². The Morgan fingerprint density at radius 2 is 1.33 bits per heavy atom. The highest BCUT2D eigenvalue weighted by Crippen LogP contribution is 2.41. The molecular weight excluding hydrogens is 408 g/mol. The highest BCUT2D eigenvalue weighted by atomic mass is 16.7. The molecule has 4 heteroatoms. The number of benzene rings is 3. The molecule has 2 aliphatic rings. The Morgan fingerprint density at radius 1 is 0.788 bits per heavy atom. The molecule has 2 saturated heterocycles. The largest absolute Gasteiger partial charge is 0.342 e. The summed E-state index contributed by atoms with van der Waals surface area (Å²) >= 11 is 0. The van der Waals surface area contributed by atoms with Crippen LogP contribution in [0.3, 0.4) is 0 Å². The van der Waals surface area contributed by atoms with E-state index in [2.05, 4.69) is 108 Å². The number of rotatable bonds is 7. The van der Waals surface area contributed by atoms with Gasteiger partial charge in [0.25, 0.3) is 0 Å². The zero-order valence-electron chi connectivity index (χ0n) is 19.5. The second-order valence-corrected chi connectivity index (χ2v) is 9.00. The lowest BCUT2D eigenvalue weighted by Gasteiger charge is -2.50. The van der Waals surface area contributed by atoms with Crippen molar-refractivity contribution in [3.63, 3.8) is 0 Å². The molecule has 2 aliphatic heterocycles. The summed E-state index contributed by atoms with van der Waals surface area (Å²) in [5.41, 5.74) is 3.77. The second kappa shape index (κ2) is 10.2. The normalized spacial score (nSPS) is 21.5. The lowest BCUT2D eigenvalue weighted by molar-refractivity contribution is -0.224. The molecule has 4 nitrogen and oxygen atoms in total. The van der Waals surface area contributed by atoms with E-state index in [1.807, 2.05) is 0 Å². The smallest absolute Gasteiger partial charge is 0.212 e. The summed E-state index contributed by atoms with van der Waals surface area (Å²) in [6, 6.07) is 32.6. The summed E-state index contributed by atoms with van der Waals surface area (Å²) < 4.78 is 13.0. The lowest BCUT2D eigenvalue weighted by Crippen LogP contribution is -2.62. The van der Waals surface area contributed by atoms with Gasteiger partial charge in [0.05, 0.1) is 25.3 Å². The van der Waals surface area contributed by atoms with Crippen LogP contribution in [0.4, 0.5) is 0 Å². The van der Waals surface area contributed by atoms with Crippen molar-refractivity contribution in [2.45, 2.75) is 31.2 Å². The van der Waals surface area contributed by atoms with Gasteiger partial charge < -0.3 is 9.47 Å². The lowest BCUT2D eigenvalue weighted by atomic mass is 9.91. The van der Waals surface area contributed by atoms with Crippen molar-refractivity contribution in [3.05, 3.63) is 108 Å². The average molecular weight is 443 g/mol. The first-order valence-corrected chi connectivity index (χ1v) is 12.2. The Labute approximate surface area is 197 Å². The minimum Gasteiger partial charge on any atom is -0.342 e. The molecule has 1 atom stereocenters. The summed E-state index contributed by atoms with van der Waals surface area (Å²) in [6.07, 6.45) is 1.11. The highest BCUT2D eigenvalue weighted by Gasteiger charge is 2.51. The van der Waals surface area contributed by atoms with E-state index < -0.39 is 5.79 Å². The first-order valence-electron chi connectivity index (χ1n) is 12.2. The summed E-state index contributed by atoms with van der Waals surface area (Å²) in [5.74, 6) is -0.729. The SMILES string of the molecule is CCCN1CCN(C(c2ccccc2)c2ccccc2)CC1C1(c2ccccc2)OCCO1. The molecule has 3 aromatic rings. The van der Waals surface area contributed by atoms with Gasteiger partial charge >= 0.3 is 0 Å². The van der Waals surface area contributed by atoms with Gasteiger partial charge in [-0.1, -0.05) is 97.9 Å². The number of nitrogens with zero attached hydrogens (tertiary/aromatic N) is 2. The Kier molecular flexibility index (Phi) is 6.88. The number of ether oxygens (including phenoxy) is 2. The number of piperazine rings is 1. The van der Waals surface area contributed by atoms with Gasteiger partial charge in [0, 0.05) is 25.2 Å². The van der Waals surface area contributed by atoms with Crippen molar-refractivity contribution in [2.75, 3.05) is 39.4 Å². The van der Waals surface area contributed by atoms with Crippen molar-refractivity contribution in [1.29, 1.82) is 0 Å². The Morgan fingerprint density at radius 3 is 1.88 bits per heavy atom. The number of hydrogen-bond donors (Lipinski definition) is 0. The van der Waals surface area contributed by atoms with Crippen LogP contribution >= 0.6 is 0 Å².